The fraction of sp³-hybridized carbons (Fsp3) is 0.500. The topological polar surface area (TPSA) is 44.0 Å². The smallest absolute Gasteiger partial charge is 0.0638 e. The summed E-state index contributed by atoms with van der Waals surface area (Å²) >= 11 is 0. The van der Waals surface area contributed by atoms with Gasteiger partial charge in [-0.2, -0.15) is 5.10 Å². The molecule has 22 heavy (non-hydrogen) atoms. The van der Waals surface area contributed by atoms with Gasteiger partial charge < -0.3 is 5.32 Å². The number of aromatic amines is 1. The van der Waals surface area contributed by atoms with E-state index in [0.29, 0.717) is 0 Å². The van der Waals surface area contributed by atoms with E-state index in [4.69, 9.17) is 0 Å². The molecule has 0 saturated heterocycles. The van der Waals surface area contributed by atoms with Gasteiger partial charge in [-0.25, -0.2) is 0 Å². The first-order valence-corrected chi connectivity index (χ1v) is 8.16. The number of H-pyrrole nitrogens is 1. The third kappa shape index (κ3) is 4.18. The monoisotopic (exact) mass is 300 g/mol. The van der Waals surface area contributed by atoms with Crippen LogP contribution in [0.15, 0.2) is 24.3 Å². The van der Waals surface area contributed by atoms with Gasteiger partial charge in [0.05, 0.1) is 5.69 Å². The predicted octanol–water partition coefficient (Wildman–Crippen LogP) is 3.16. The largest absolute Gasteiger partial charge is 0.308 e. The molecule has 0 aliphatic heterocycles. The highest BCUT2D eigenvalue weighted by Crippen LogP contribution is 2.13. The van der Waals surface area contributed by atoms with Crippen molar-refractivity contribution in [3.8, 4) is 0 Å². The highest BCUT2D eigenvalue weighted by atomic mass is 15.1. The van der Waals surface area contributed by atoms with Gasteiger partial charge in [0, 0.05) is 30.9 Å². The second-order valence-electron chi connectivity index (χ2n) is 5.75. The summed E-state index contributed by atoms with van der Waals surface area (Å²) < 4.78 is 0. The van der Waals surface area contributed by atoms with E-state index in [2.05, 4.69) is 72.4 Å². The van der Waals surface area contributed by atoms with Gasteiger partial charge in [0.15, 0.2) is 0 Å². The van der Waals surface area contributed by atoms with Crippen LogP contribution >= 0.6 is 0 Å². The molecule has 1 aromatic heterocycles. The highest BCUT2D eigenvalue weighted by Gasteiger charge is 2.08. The Hall–Kier alpha value is -1.65. The fourth-order valence-corrected chi connectivity index (χ4v) is 2.73. The van der Waals surface area contributed by atoms with Crippen LogP contribution in [0.3, 0.4) is 0 Å². The molecule has 4 heteroatoms. The molecule has 0 aliphatic carbocycles. The van der Waals surface area contributed by atoms with Gasteiger partial charge in [-0.15, -0.1) is 0 Å². The molecule has 4 nitrogen and oxygen atoms in total. The number of aromatic nitrogens is 2. The minimum absolute atomic E-state index is 0.855. The Morgan fingerprint density at radius 2 is 1.73 bits per heavy atom. The van der Waals surface area contributed by atoms with Crippen LogP contribution in [0.4, 0.5) is 0 Å². The van der Waals surface area contributed by atoms with E-state index in [0.717, 1.165) is 44.1 Å². The molecule has 1 heterocycles. The van der Waals surface area contributed by atoms with Crippen molar-refractivity contribution < 1.29 is 0 Å². The Labute approximate surface area is 133 Å². The zero-order valence-electron chi connectivity index (χ0n) is 14.2. The van der Waals surface area contributed by atoms with Crippen molar-refractivity contribution >= 4 is 0 Å². The molecular formula is C18H28N4. The lowest BCUT2D eigenvalue weighted by molar-refractivity contribution is 0.294. The average Bonchev–Trinajstić information content (AvgIpc) is 2.85. The van der Waals surface area contributed by atoms with Crippen LogP contribution in [0.5, 0.6) is 0 Å². The molecule has 0 unspecified atom stereocenters. The van der Waals surface area contributed by atoms with Gasteiger partial charge in [0.1, 0.15) is 0 Å². The van der Waals surface area contributed by atoms with Gasteiger partial charge in [-0.3, -0.25) is 10.00 Å². The lowest BCUT2D eigenvalue weighted by Crippen LogP contribution is -2.23. The number of benzene rings is 1. The maximum Gasteiger partial charge on any atom is 0.0638 e. The summed E-state index contributed by atoms with van der Waals surface area (Å²) in [6.45, 7) is 13.5. The summed E-state index contributed by atoms with van der Waals surface area (Å²) in [6, 6.07) is 8.72. The number of nitrogens with zero attached hydrogens (tertiary/aromatic N) is 2. The Bertz CT molecular complexity index is 565. The van der Waals surface area contributed by atoms with Gasteiger partial charge in [0.25, 0.3) is 0 Å². The maximum absolute atomic E-state index is 4.25. The first-order valence-electron chi connectivity index (χ1n) is 8.16. The Kier molecular flexibility index (Phi) is 6.16. The third-order valence-electron chi connectivity index (χ3n) is 4.30. The van der Waals surface area contributed by atoms with E-state index in [1.165, 1.54) is 16.7 Å². The Morgan fingerprint density at radius 1 is 1.05 bits per heavy atom. The summed E-state index contributed by atoms with van der Waals surface area (Å²) in [7, 11) is 0. The zero-order chi connectivity index (χ0) is 15.9. The lowest BCUT2D eigenvalue weighted by Gasteiger charge is -2.20. The number of hydrogen-bond acceptors (Lipinski definition) is 3. The molecule has 0 amide bonds. The van der Waals surface area contributed by atoms with E-state index in [1.54, 1.807) is 0 Å². The van der Waals surface area contributed by atoms with E-state index < -0.39 is 0 Å². The molecule has 0 aliphatic rings. The molecule has 2 rings (SSSR count). The summed E-state index contributed by atoms with van der Waals surface area (Å²) in [5.74, 6) is 0. The standard InChI is InChI=1S/C18H28N4/c1-5-22(6-2)13-17-10-8-7-9-16(17)11-19-12-18-14(3)20-21-15(18)4/h7-10,19H,5-6,11-13H2,1-4H3,(H,20,21). The Morgan fingerprint density at radius 3 is 2.32 bits per heavy atom. The summed E-state index contributed by atoms with van der Waals surface area (Å²) in [5, 5.41) is 10.8. The minimum atomic E-state index is 0.855. The normalized spacial score (nSPS) is 11.3. The molecule has 0 atom stereocenters. The predicted molar refractivity (Wildman–Crippen MR) is 91.7 cm³/mol. The zero-order valence-corrected chi connectivity index (χ0v) is 14.2. The Balaban J connectivity index is 1.98. The number of nitrogens with one attached hydrogen (secondary N) is 2. The van der Waals surface area contributed by atoms with Crippen LogP contribution in [0.1, 0.15) is 41.9 Å². The highest BCUT2D eigenvalue weighted by molar-refractivity contribution is 5.27. The van der Waals surface area contributed by atoms with E-state index in [-0.39, 0.29) is 0 Å². The number of rotatable bonds is 8. The van der Waals surface area contributed by atoms with Gasteiger partial charge >= 0.3 is 0 Å². The maximum atomic E-state index is 4.25. The van der Waals surface area contributed by atoms with Crippen LogP contribution in [0, 0.1) is 13.8 Å². The van der Waals surface area contributed by atoms with Crippen LogP contribution in [-0.2, 0) is 19.6 Å². The molecule has 1 aromatic carbocycles. The van der Waals surface area contributed by atoms with E-state index >= 15 is 0 Å². The van der Waals surface area contributed by atoms with Crippen molar-refractivity contribution in [1.29, 1.82) is 0 Å². The van der Waals surface area contributed by atoms with Crippen LogP contribution < -0.4 is 5.32 Å². The van der Waals surface area contributed by atoms with E-state index in [1.807, 2.05) is 0 Å². The molecule has 0 bridgehead atoms. The quantitative estimate of drug-likeness (QED) is 0.787. The minimum Gasteiger partial charge on any atom is -0.308 e. The molecule has 0 fully saturated rings. The van der Waals surface area contributed by atoms with Gasteiger partial charge in [-0.05, 0) is 38.1 Å². The second kappa shape index (κ2) is 8.11. The number of aryl methyl sites for hydroxylation is 2. The van der Waals surface area contributed by atoms with Gasteiger partial charge in [-0.1, -0.05) is 38.1 Å². The van der Waals surface area contributed by atoms with Crippen molar-refractivity contribution in [2.75, 3.05) is 13.1 Å². The third-order valence-corrected chi connectivity index (χ3v) is 4.30. The molecule has 120 valence electrons. The van der Waals surface area contributed by atoms with Gasteiger partial charge in [0.2, 0.25) is 0 Å². The molecule has 0 saturated carbocycles. The van der Waals surface area contributed by atoms with Crippen LogP contribution in [0.25, 0.3) is 0 Å². The summed E-state index contributed by atoms with van der Waals surface area (Å²) in [6.07, 6.45) is 0. The summed E-state index contributed by atoms with van der Waals surface area (Å²) in [5.41, 5.74) is 6.32. The van der Waals surface area contributed by atoms with Crippen molar-refractivity contribution in [1.82, 2.24) is 20.4 Å². The number of hydrogen-bond donors (Lipinski definition) is 2. The van der Waals surface area contributed by atoms with Crippen LogP contribution in [-0.4, -0.2) is 28.2 Å². The molecular weight excluding hydrogens is 272 g/mol. The first-order chi connectivity index (χ1) is 10.7. The molecule has 2 N–H and O–H groups in total. The molecule has 2 aromatic rings. The second-order valence-corrected chi connectivity index (χ2v) is 5.75. The van der Waals surface area contributed by atoms with E-state index in [9.17, 15) is 0 Å². The van der Waals surface area contributed by atoms with Crippen molar-refractivity contribution in [3.05, 3.63) is 52.3 Å². The average molecular weight is 300 g/mol. The van der Waals surface area contributed by atoms with Crippen LogP contribution in [0.2, 0.25) is 0 Å². The van der Waals surface area contributed by atoms with Crippen molar-refractivity contribution in [3.63, 3.8) is 0 Å². The van der Waals surface area contributed by atoms with Crippen molar-refractivity contribution in [2.45, 2.75) is 47.3 Å². The van der Waals surface area contributed by atoms with Crippen molar-refractivity contribution in [2.24, 2.45) is 0 Å². The summed E-state index contributed by atoms with van der Waals surface area (Å²) in [4.78, 5) is 2.45. The lowest BCUT2D eigenvalue weighted by atomic mass is 10.1. The molecule has 0 spiro atoms. The SMILES string of the molecule is CCN(CC)Cc1ccccc1CNCc1c(C)n[nH]c1C. The first kappa shape index (κ1) is 16.7. The molecule has 0 radical (unpaired) electrons. The fourth-order valence-electron chi connectivity index (χ4n) is 2.73.